The van der Waals surface area contributed by atoms with Gasteiger partial charge in [0.05, 0.1) is 23.2 Å². The van der Waals surface area contributed by atoms with Crippen molar-refractivity contribution in [3.8, 4) is 0 Å². The summed E-state index contributed by atoms with van der Waals surface area (Å²) in [5.41, 5.74) is 4.71. The maximum absolute atomic E-state index is 12.3. The summed E-state index contributed by atoms with van der Waals surface area (Å²) in [5, 5.41) is 9.96. The van der Waals surface area contributed by atoms with Gasteiger partial charge in [0.1, 0.15) is 0 Å². The average molecular weight is 314 g/mol. The van der Waals surface area contributed by atoms with E-state index in [1.807, 2.05) is 0 Å². The molecule has 1 aromatic carbocycles. The number of aliphatic hydroxyl groups is 1. The fourth-order valence-electron chi connectivity index (χ4n) is 2.11. The molecule has 1 aromatic rings. The highest BCUT2D eigenvalue weighted by Gasteiger charge is 2.36. The quantitative estimate of drug-likeness (QED) is 0.529. The first kappa shape index (κ1) is 15.7. The molecule has 0 spiro atoms. The first-order chi connectivity index (χ1) is 9.77. The Hall–Kier alpha value is -1.64. The molecular formula is C13H18N2O5S. The fourth-order valence-corrected chi connectivity index (χ4v) is 3.45. The molecule has 21 heavy (non-hydrogen) atoms. The van der Waals surface area contributed by atoms with Gasteiger partial charge in [-0.15, -0.1) is 0 Å². The zero-order chi connectivity index (χ0) is 15.7. The number of sulfonamides is 1. The molecule has 1 fully saturated rings. The van der Waals surface area contributed by atoms with E-state index in [4.69, 9.17) is 5.73 Å². The van der Waals surface area contributed by atoms with Crippen LogP contribution in [0.1, 0.15) is 29.6 Å². The van der Waals surface area contributed by atoms with Crippen LogP contribution in [0.25, 0.3) is 0 Å². The maximum Gasteiger partial charge on any atom is 0.339 e. The molecule has 2 rings (SSSR count). The SMILES string of the molecule is COC(=O)c1ccc(N)cc1S(=O)(=O)NCC1(O)CCC1. The van der Waals surface area contributed by atoms with Crippen LogP contribution >= 0.6 is 0 Å². The second-order valence-electron chi connectivity index (χ2n) is 5.15. The van der Waals surface area contributed by atoms with Crippen LogP contribution < -0.4 is 10.5 Å². The lowest BCUT2D eigenvalue weighted by Gasteiger charge is -2.36. The first-order valence-corrected chi connectivity index (χ1v) is 7.96. The van der Waals surface area contributed by atoms with Crippen molar-refractivity contribution in [3.05, 3.63) is 23.8 Å². The summed E-state index contributed by atoms with van der Waals surface area (Å²) in [6.45, 7) is -0.0925. The van der Waals surface area contributed by atoms with Crippen LogP contribution in [0.2, 0.25) is 0 Å². The summed E-state index contributed by atoms with van der Waals surface area (Å²) < 4.78 is 31.5. The van der Waals surface area contributed by atoms with E-state index in [2.05, 4.69) is 9.46 Å². The van der Waals surface area contributed by atoms with Crippen molar-refractivity contribution < 1.29 is 23.1 Å². The number of carbonyl (C=O) groups is 1. The van der Waals surface area contributed by atoms with Gasteiger partial charge in [0.2, 0.25) is 10.0 Å². The molecule has 0 aromatic heterocycles. The zero-order valence-electron chi connectivity index (χ0n) is 11.6. The van der Waals surface area contributed by atoms with Crippen LogP contribution in [0, 0.1) is 0 Å². The molecule has 0 saturated heterocycles. The van der Waals surface area contributed by atoms with Gasteiger partial charge in [0.15, 0.2) is 0 Å². The minimum absolute atomic E-state index is 0.0925. The molecule has 8 heteroatoms. The topological polar surface area (TPSA) is 119 Å². The number of hydrogen-bond acceptors (Lipinski definition) is 6. The third kappa shape index (κ3) is 3.34. The zero-order valence-corrected chi connectivity index (χ0v) is 12.4. The Morgan fingerprint density at radius 3 is 2.67 bits per heavy atom. The lowest BCUT2D eigenvalue weighted by atomic mass is 9.81. The Morgan fingerprint density at radius 2 is 2.14 bits per heavy atom. The summed E-state index contributed by atoms with van der Waals surface area (Å²) in [5.74, 6) is -0.766. The Bertz CT molecular complexity index is 653. The van der Waals surface area contributed by atoms with Gasteiger partial charge in [-0.1, -0.05) is 0 Å². The van der Waals surface area contributed by atoms with Crippen LogP contribution in [-0.2, 0) is 14.8 Å². The molecule has 0 heterocycles. The van der Waals surface area contributed by atoms with E-state index in [1.165, 1.54) is 25.3 Å². The van der Waals surface area contributed by atoms with Gasteiger partial charge in [-0.3, -0.25) is 0 Å². The number of hydrogen-bond donors (Lipinski definition) is 3. The van der Waals surface area contributed by atoms with E-state index in [-0.39, 0.29) is 22.7 Å². The molecule has 1 aliphatic carbocycles. The molecule has 0 unspecified atom stereocenters. The molecule has 0 atom stereocenters. The number of carbonyl (C=O) groups excluding carboxylic acids is 1. The van der Waals surface area contributed by atoms with E-state index in [9.17, 15) is 18.3 Å². The van der Waals surface area contributed by atoms with Gasteiger partial charge in [0.25, 0.3) is 0 Å². The predicted molar refractivity (Wildman–Crippen MR) is 76.2 cm³/mol. The number of ether oxygens (including phenoxy) is 1. The van der Waals surface area contributed by atoms with Gasteiger partial charge in [0, 0.05) is 12.2 Å². The van der Waals surface area contributed by atoms with Crippen molar-refractivity contribution in [2.45, 2.75) is 29.8 Å². The number of nitrogens with one attached hydrogen (secondary N) is 1. The van der Waals surface area contributed by atoms with Gasteiger partial charge >= 0.3 is 5.97 Å². The van der Waals surface area contributed by atoms with Crippen LogP contribution in [-0.4, -0.2) is 38.7 Å². The molecular weight excluding hydrogens is 296 g/mol. The number of rotatable bonds is 5. The number of nitrogen functional groups attached to an aromatic ring is 1. The smallest absolute Gasteiger partial charge is 0.339 e. The molecule has 0 aliphatic heterocycles. The van der Waals surface area contributed by atoms with E-state index < -0.39 is 21.6 Å². The third-order valence-corrected chi connectivity index (χ3v) is 5.02. The number of anilines is 1. The molecule has 4 N–H and O–H groups in total. The van der Waals surface area contributed by atoms with Crippen LogP contribution in [0.5, 0.6) is 0 Å². The highest BCUT2D eigenvalue weighted by atomic mass is 32.2. The predicted octanol–water partition coefficient (Wildman–Crippen LogP) is 0.249. The Labute approximate surface area is 123 Å². The Kier molecular flexibility index (Phi) is 4.22. The summed E-state index contributed by atoms with van der Waals surface area (Å²) in [4.78, 5) is 11.4. The first-order valence-electron chi connectivity index (χ1n) is 6.47. The molecule has 7 nitrogen and oxygen atoms in total. The molecule has 1 aliphatic rings. The van der Waals surface area contributed by atoms with Crippen molar-refractivity contribution in [2.24, 2.45) is 0 Å². The number of esters is 1. The largest absolute Gasteiger partial charge is 0.465 e. The van der Waals surface area contributed by atoms with Crippen molar-refractivity contribution in [1.29, 1.82) is 0 Å². The van der Waals surface area contributed by atoms with Crippen molar-refractivity contribution >= 4 is 21.7 Å². The Morgan fingerprint density at radius 1 is 1.48 bits per heavy atom. The minimum Gasteiger partial charge on any atom is -0.465 e. The van der Waals surface area contributed by atoms with Crippen LogP contribution in [0.15, 0.2) is 23.1 Å². The van der Waals surface area contributed by atoms with Crippen molar-refractivity contribution in [2.75, 3.05) is 19.4 Å². The summed E-state index contributed by atoms with van der Waals surface area (Å²) in [7, 11) is -2.80. The average Bonchev–Trinajstić information content (AvgIpc) is 2.42. The van der Waals surface area contributed by atoms with Gasteiger partial charge in [-0.05, 0) is 37.5 Å². The van der Waals surface area contributed by atoms with Crippen LogP contribution in [0.3, 0.4) is 0 Å². The monoisotopic (exact) mass is 314 g/mol. The standard InChI is InChI=1S/C13H18N2O5S/c1-20-12(16)10-4-3-9(14)7-11(10)21(18,19)15-8-13(17)5-2-6-13/h3-4,7,15,17H,2,5-6,8,14H2,1H3. The van der Waals surface area contributed by atoms with Crippen molar-refractivity contribution in [1.82, 2.24) is 4.72 Å². The number of benzene rings is 1. The van der Waals surface area contributed by atoms with E-state index in [0.29, 0.717) is 12.8 Å². The lowest BCUT2D eigenvalue weighted by Crippen LogP contribution is -2.47. The molecule has 0 radical (unpaired) electrons. The third-order valence-electron chi connectivity index (χ3n) is 3.58. The Balaban J connectivity index is 2.30. The van der Waals surface area contributed by atoms with Crippen LogP contribution in [0.4, 0.5) is 5.69 Å². The maximum atomic E-state index is 12.3. The summed E-state index contributed by atoms with van der Waals surface area (Å²) >= 11 is 0. The molecule has 0 amide bonds. The fraction of sp³-hybridized carbons (Fsp3) is 0.462. The molecule has 116 valence electrons. The highest BCUT2D eigenvalue weighted by molar-refractivity contribution is 7.89. The molecule has 0 bridgehead atoms. The highest BCUT2D eigenvalue weighted by Crippen LogP contribution is 2.31. The second-order valence-corrected chi connectivity index (χ2v) is 6.88. The van der Waals surface area contributed by atoms with Gasteiger partial charge in [-0.25, -0.2) is 17.9 Å². The summed E-state index contributed by atoms with van der Waals surface area (Å²) in [6.07, 6.45) is 1.97. The van der Waals surface area contributed by atoms with Gasteiger partial charge < -0.3 is 15.6 Å². The number of methoxy groups -OCH3 is 1. The van der Waals surface area contributed by atoms with E-state index in [1.54, 1.807) is 0 Å². The normalized spacial score (nSPS) is 17.0. The second kappa shape index (κ2) is 5.63. The molecule has 1 saturated carbocycles. The van der Waals surface area contributed by atoms with E-state index in [0.717, 1.165) is 6.42 Å². The van der Waals surface area contributed by atoms with Crippen molar-refractivity contribution in [3.63, 3.8) is 0 Å². The lowest BCUT2D eigenvalue weighted by molar-refractivity contribution is -0.0270. The minimum atomic E-state index is -3.97. The summed E-state index contributed by atoms with van der Waals surface area (Å²) in [6, 6.07) is 3.91. The van der Waals surface area contributed by atoms with Gasteiger partial charge in [-0.2, -0.15) is 0 Å². The number of nitrogens with two attached hydrogens (primary N) is 1. The van der Waals surface area contributed by atoms with E-state index >= 15 is 0 Å².